The molecule has 0 amide bonds. The molecule has 3 aromatic heterocycles. The Bertz CT molecular complexity index is 3890. The fourth-order valence-electron chi connectivity index (χ4n) is 11.9. The minimum absolute atomic E-state index is 0.0235. The highest BCUT2D eigenvalue weighted by Gasteiger charge is 2.27. The number of rotatable bonds is 3. The molecule has 0 spiro atoms. The second-order valence-electron chi connectivity index (χ2n) is 24.8. The highest BCUT2D eigenvalue weighted by molar-refractivity contribution is 6.17. The maximum atomic E-state index is 2.55. The molecule has 0 atom stereocenters. The van der Waals surface area contributed by atoms with Gasteiger partial charge in [-0.1, -0.05) is 162 Å². The molecular weight excluding hydrogens is 859 g/mol. The Kier molecular flexibility index (Phi) is 8.98. The van der Waals surface area contributed by atoms with E-state index in [0.29, 0.717) is 0 Å². The van der Waals surface area contributed by atoms with Crippen LogP contribution in [0.15, 0.2) is 164 Å². The molecule has 0 bridgehead atoms. The lowest BCUT2D eigenvalue weighted by molar-refractivity contribution is 0.590. The van der Waals surface area contributed by atoms with E-state index in [9.17, 15) is 0 Å². The summed E-state index contributed by atoms with van der Waals surface area (Å²) < 4.78 is 7.56. The van der Waals surface area contributed by atoms with Crippen LogP contribution in [0.1, 0.15) is 105 Å². The summed E-state index contributed by atoms with van der Waals surface area (Å²) in [4.78, 5) is 0. The van der Waals surface area contributed by atoms with Gasteiger partial charge >= 0.3 is 0 Å². The van der Waals surface area contributed by atoms with Crippen molar-refractivity contribution in [2.24, 2.45) is 0 Å². The topological polar surface area (TPSA) is 14.8 Å². The molecule has 350 valence electrons. The molecule has 0 fully saturated rings. The number of hydrogen-bond acceptors (Lipinski definition) is 0. The van der Waals surface area contributed by atoms with Crippen LogP contribution in [0.3, 0.4) is 0 Å². The molecule has 9 aromatic carbocycles. The molecule has 13 rings (SSSR count). The van der Waals surface area contributed by atoms with Crippen LogP contribution < -0.4 is 0 Å². The van der Waals surface area contributed by atoms with Gasteiger partial charge in [-0.2, -0.15) is 0 Å². The molecule has 3 heteroatoms. The van der Waals surface area contributed by atoms with Gasteiger partial charge in [-0.15, -0.1) is 0 Å². The van der Waals surface area contributed by atoms with Crippen molar-refractivity contribution in [1.29, 1.82) is 0 Å². The predicted octanol–water partition coefficient (Wildman–Crippen LogP) is 19.0. The SMILES string of the molecule is CC(C)(C)c1ccc2c(c1)c1cc(C(C)(C)C)ccc1n2-c1ccc2c3ccc(-n4c5ccc(C(C)(C)C)cc5c5cc(C(C)(C)C)ccc54)cc3n(-c3ccc4c(c3)-c3cccc5cccc-4c35)c2c1. The van der Waals surface area contributed by atoms with Gasteiger partial charge in [0.1, 0.15) is 0 Å². The second-order valence-corrected chi connectivity index (χ2v) is 24.8. The maximum absolute atomic E-state index is 2.55. The molecule has 12 aromatic rings. The largest absolute Gasteiger partial charge is 0.309 e. The van der Waals surface area contributed by atoms with Gasteiger partial charge in [-0.3, -0.25) is 0 Å². The first-order valence-corrected chi connectivity index (χ1v) is 25.7. The molecule has 0 saturated heterocycles. The quantitative estimate of drug-likeness (QED) is 0.168. The Morgan fingerprint density at radius 3 is 0.972 bits per heavy atom. The Labute approximate surface area is 418 Å². The third kappa shape index (κ3) is 6.54. The van der Waals surface area contributed by atoms with Gasteiger partial charge in [-0.05, 0) is 162 Å². The van der Waals surface area contributed by atoms with E-state index in [1.165, 1.54) is 121 Å². The summed E-state index contributed by atoms with van der Waals surface area (Å²) in [5, 5.41) is 10.3. The van der Waals surface area contributed by atoms with Crippen LogP contribution in [0, 0.1) is 0 Å². The van der Waals surface area contributed by atoms with E-state index >= 15 is 0 Å². The number of hydrogen-bond donors (Lipinski definition) is 0. The third-order valence-corrected chi connectivity index (χ3v) is 16.0. The normalized spacial score (nSPS) is 13.4. The second kappa shape index (κ2) is 14.6. The van der Waals surface area contributed by atoms with Gasteiger partial charge in [0.05, 0.1) is 33.1 Å². The van der Waals surface area contributed by atoms with E-state index in [1.807, 2.05) is 0 Å². The highest BCUT2D eigenvalue weighted by Crippen LogP contribution is 2.49. The number of fused-ring (bicyclic) bond motifs is 12. The molecule has 1 aliphatic rings. The zero-order valence-electron chi connectivity index (χ0n) is 43.4. The van der Waals surface area contributed by atoms with Crippen LogP contribution in [0.25, 0.3) is 116 Å². The fourth-order valence-corrected chi connectivity index (χ4v) is 11.9. The predicted molar refractivity (Wildman–Crippen MR) is 306 cm³/mol. The van der Waals surface area contributed by atoms with Crippen molar-refractivity contribution < 1.29 is 0 Å². The average Bonchev–Trinajstić information content (AvgIpc) is 4.04. The first-order valence-electron chi connectivity index (χ1n) is 25.7. The van der Waals surface area contributed by atoms with E-state index in [0.717, 1.165) is 17.1 Å². The van der Waals surface area contributed by atoms with E-state index < -0.39 is 0 Å². The minimum Gasteiger partial charge on any atom is -0.309 e. The smallest absolute Gasteiger partial charge is 0.0561 e. The molecule has 3 heterocycles. The first kappa shape index (κ1) is 43.6. The van der Waals surface area contributed by atoms with Crippen molar-refractivity contribution in [3.63, 3.8) is 0 Å². The van der Waals surface area contributed by atoms with Crippen molar-refractivity contribution in [2.75, 3.05) is 0 Å². The van der Waals surface area contributed by atoms with Crippen molar-refractivity contribution in [3.8, 4) is 39.3 Å². The van der Waals surface area contributed by atoms with E-state index in [2.05, 4.69) is 261 Å². The zero-order valence-corrected chi connectivity index (χ0v) is 43.4. The van der Waals surface area contributed by atoms with Crippen LogP contribution in [0.4, 0.5) is 0 Å². The molecule has 0 N–H and O–H groups in total. The summed E-state index contributed by atoms with van der Waals surface area (Å²) in [5.41, 5.74) is 21.4. The Hall–Kier alpha value is -7.36. The number of aromatic nitrogens is 3. The van der Waals surface area contributed by atoms with Gasteiger partial charge in [0, 0.05) is 49.4 Å². The average molecular weight is 922 g/mol. The van der Waals surface area contributed by atoms with Gasteiger partial charge in [0.15, 0.2) is 0 Å². The third-order valence-electron chi connectivity index (χ3n) is 16.0. The molecule has 0 unspecified atom stereocenters. The molecule has 0 radical (unpaired) electrons. The summed E-state index contributed by atoms with van der Waals surface area (Å²) in [6, 6.07) is 63.6. The van der Waals surface area contributed by atoms with Crippen molar-refractivity contribution in [3.05, 3.63) is 186 Å². The number of nitrogens with zero attached hydrogens (tertiary/aromatic N) is 3. The summed E-state index contributed by atoms with van der Waals surface area (Å²) in [6.45, 7) is 27.8. The summed E-state index contributed by atoms with van der Waals surface area (Å²) in [5.74, 6) is 0. The van der Waals surface area contributed by atoms with Crippen LogP contribution in [-0.4, -0.2) is 13.7 Å². The Morgan fingerprint density at radius 2 is 0.592 bits per heavy atom. The van der Waals surface area contributed by atoms with Crippen molar-refractivity contribution in [2.45, 2.75) is 105 Å². The summed E-state index contributed by atoms with van der Waals surface area (Å²) in [7, 11) is 0. The fraction of sp³-hybridized carbons (Fsp3) is 0.235. The van der Waals surface area contributed by atoms with Crippen molar-refractivity contribution in [1.82, 2.24) is 13.7 Å². The van der Waals surface area contributed by atoms with Gasteiger partial charge < -0.3 is 13.7 Å². The molecule has 71 heavy (non-hydrogen) atoms. The first-order chi connectivity index (χ1) is 33.7. The van der Waals surface area contributed by atoms with Crippen LogP contribution in [-0.2, 0) is 21.7 Å². The van der Waals surface area contributed by atoms with Gasteiger partial charge in [0.2, 0.25) is 0 Å². The van der Waals surface area contributed by atoms with Crippen LogP contribution in [0.2, 0.25) is 0 Å². The van der Waals surface area contributed by atoms with Gasteiger partial charge in [-0.25, -0.2) is 0 Å². The highest BCUT2D eigenvalue weighted by atomic mass is 15.0. The van der Waals surface area contributed by atoms with Crippen molar-refractivity contribution >= 4 is 76.2 Å². The van der Waals surface area contributed by atoms with E-state index in [-0.39, 0.29) is 21.7 Å². The summed E-state index contributed by atoms with van der Waals surface area (Å²) >= 11 is 0. The lowest BCUT2D eigenvalue weighted by Gasteiger charge is -2.19. The summed E-state index contributed by atoms with van der Waals surface area (Å²) in [6.07, 6.45) is 0. The Balaban J connectivity index is 1.10. The van der Waals surface area contributed by atoms with Crippen LogP contribution >= 0.6 is 0 Å². The van der Waals surface area contributed by atoms with Crippen LogP contribution in [0.5, 0.6) is 0 Å². The number of benzene rings is 9. The minimum atomic E-state index is 0.0235. The van der Waals surface area contributed by atoms with E-state index in [1.54, 1.807) is 0 Å². The lowest BCUT2D eigenvalue weighted by Crippen LogP contribution is -2.10. The standard InChI is InChI=1S/C68H63N3/c1-65(2,3)41-19-29-58-54(33-41)55-34-42(66(4,5)6)20-30-59(55)69(58)46-24-27-49-50-28-25-47(70-60-31-21-43(67(7,8)9)35-56(60)57-36-44(68(10,11)12)22-32-61(57)70)39-63(50)71(62(49)38-46)45-23-26-48-51-17-13-15-40-16-14-18-52(64(40)51)53(48)37-45/h13-39H,1-12H3. The molecule has 1 aliphatic carbocycles. The zero-order chi connectivity index (χ0) is 49.3. The molecule has 0 aliphatic heterocycles. The maximum Gasteiger partial charge on any atom is 0.0561 e. The van der Waals surface area contributed by atoms with Gasteiger partial charge in [0.25, 0.3) is 0 Å². The Morgan fingerprint density at radius 1 is 0.254 bits per heavy atom. The lowest BCUT2D eigenvalue weighted by atomic mass is 9.85. The monoisotopic (exact) mass is 922 g/mol. The van der Waals surface area contributed by atoms with E-state index in [4.69, 9.17) is 0 Å². The molecular formula is C68H63N3. The molecule has 3 nitrogen and oxygen atoms in total. The molecule has 0 saturated carbocycles.